The van der Waals surface area contributed by atoms with Gasteiger partial charge in [0.15, 0.2) is 0 Å². The first-order valence-corrected chi connectivity index (χ1v) is 5.90. The predicted octanol–water partition coefficient (Wildman–Crippen LogP) is 3.23. The van der Waals surface area contributed by atoms with Crippen LogP contribution in [0.3, 0.4) is 0 Å². The van der Waals surface area contributed by atoms with Crippen molar-refractivity contribution in [3.8, 4) is 11.3 Å². The number of nitrogens with two attached hydrogens (primary N) is 1. The summed E-state index contributed by atoms with van der Waals surface area (Å²) in [6.45, 7) is 1.97. The third-order valence-electron chi connectivity index (χ3n) is 2.36. The van der Waals surface area contributed by atoms with Crippen LogP contribution in [-0.4, -0.2) is 5.16 Å². The molecule has 0 unspecified atom stereocenters. The predicted molar refractivity (Wildman–Crippen MR) is 68.4 cm³/mol. The van der Waals surface area contributed by atoms with Gasteiger partial charge in [0.25, 0.3) is 0 Å². The fraction of sp³-hybridized carbons (Fsp3) is 0.182. The Morgan fingerprint density at radius 2 is 2.25 bits per heavy atom. The van der Waals surface area contributed by atoms with Gasteiger partial charge in [-0.15, -0.1) is 0 Å². The van der Waals surface area contributed by atoms with Crippen molar-refractivity contribution in [3.05, 3.63) is 33.1 Å². The van der Waals surface area contributed by atoms with E-state index in [9.17, 15) is 4.39 Å². The maximum atomic E-state index is 13.0. The molecule has 1 heterocycles. The summed E-state index contributed by atoms with van der Waals surface area (Å²) in [6, 6.07) is 4.55. The molecule has 0 aliphatic rings. The third kappa shape index (κ3) is 1.91. The fourth-order valence-corrected chi connectivity index (χ4v) is 2.29. The summed E-state index contributed by atoms with van der Waals surface area (Å²) in [4.78, 5) is 0. The SMILES string of the molecule is CCc1c(-c2ccc(F)cc2I)noc1N. The van der Waals surface area contributed by atoms with Crippen molar-refractivity contribution in [1.29, 1.82) is 0 Å². The highest BCUT2D eigenvalue weighted by Gasteiger charge is 2.16. The summed E-state index contributed by atoms with van der Waals surface area (Å²) in [5.41, 5.74) is 8.07. The van der Waals surface area contributed by atoms with Crippen molar-refractivity contribution in [2.24, 2.45) is 0 Å². The number of rotatable bonds is 2. The van der Waals surface area contributed by atoms with Gasteiger partial charge in [0.2, 0.25) is 5.88 Å². The van der Waals surface area contributed by atoms with Crippen LogP contribution in [0.25, 0.3) is 11.3 Å². The lowest BCUT2D eigenvalue weighted by Gasteiger charge is -2.02. The molecule has 84 valence electrons. The molecule has 0 amide bonds. The molecule has 0 radical (unpaired) electrons. The topological polar surface area (TPSA) is 52.0 Å². The first-order valence-electron chi connectivity index (χ1n) is 4.83. The zero-order valence-electron chi connectivity index (χ0n) is 8.63. The summed E-state index contributed by atoms with van der Waals surface area (Å²) in [5, 5.41) is 3.92. The second kappa shape index (κ2) is 4.40. The van der Waals surface area contributed by atoms with Crippen LogP contribution in [0.4, 0.5) is 10.3 Å². The number of hydrogen-bond donors (Lipinski definition) is 1. The molecule has 1 aromatic heterocycles. The van der Waals surface area contributed by atoms with Crippen LogP contribution < -0.4 is 5.73 Å². The van der Waals surface area contributed by atoms with Gasteiger partial charge in [0.05, 0.1) is 0 Å². The minimum absolute atomic E-state index is 0.261. The molecule has 2 aromatic rings. The molecule has 0 aliphatic heterocycles. The second-order valence-electron chi connectivity index (χ2n) is 3.35. The number of halogens is 2. The van der Waals surface area contributed by atoms with E-state index in [2.05, 4.69) is 27.7 Å². The first-order chi connectivity index (χ1) is 7.63. The molecule has 1 aromatic carbocycles. The number of anilines is 1. The van der Waals surface area contributed by atoms with Gasteiger partial charge >= 0.3 is 0 Å². The first kappa shape index (κ1) is 11.4. The van der Waals surface area contributed by atoms with Crippen LogP contribution in [0.15, 0.2) is 22.7 Å². The highest BCUT2D eigenvalue weighted by atomic mass is 127. The standard InChI is InChI=1S/C11H10FIN2O/c1-2-7-10(15-16-11(7)14)8-4-3-6(12)5-9(8)13/h3-5H,2,14H2,1H3. The van der Waals surface area contributed by atoms with Gasteiger partial charge in [0.1, 0.15) is 11.5 Å². The van der Waals surface area contributed by atoms with Crippen LogP contribution in [-0.2, 0) is 6.42 Å². The minimum atomic E-state index is -0.261. The van der Waals surface area contributed by atoms with Crippen molar-refractivity contribution < 1.29 is 8.91 Å². The van der Waals surface area contributed by atoms with Crippen LogP contribution >= 0.6 is 22.6 Å². The summed E-state index contributed by atoms with van der Waals surface area (Å²) >= 11 is 2.07. The molecule has 16 heavy (non-hydrogen) atoms. The zero-order valence-corrected chi connectivity index (χ0v) is 10.8. The Hall–Kier alpha value is -1.11. The lowest BCUT2D eigenvalue weighted by atomic mass is 10.1. The largest absolute Gasteiger partial charge is 0.367 e. The molecule has 0 aliphatic carbocycles. The average Bonchev–Trinajstić information content (AvgIpc) is 2.59. The molecular weight excluding hydrogens is 322 g/mol. The van der Waals surface area contributed by atoms with Crippen molar-refractivity contribution in [2.75, 3.05) is 5.73 Å². The fourth-order valence-electron chi connectivity index (χ4n) is 1.56. The molecule has 0 fully saturated rings. The maximum absolute atomic E-state index is 13.0. The van der Waals surface area contributed by atoms with Crippen molar-refractivity contribution in [1.82, 2.24) is 5.16 Å². The normalized spacial score (nSPS) is 10.7. The summed E-state index contributed by atoms with van der Waals surface area (Å²) in [6.07, 6.45) is 0.734. The van der Waals surface area contributed by atoms with E-state index in [4.69, 9.17) is 10.3 Å². The average molecular weight is 332 g/mol. The van der Waals surface area contributed by atoms with Gasteiger partial charge in [-0.1, -0.05) is 12.1 Å². The van der Waals surface area contributed by atoms with Crippen LogP contribution in [0, 0.1) is 9.39 Å². The highest BCUT2D eigenvalue weighted by Crippen LogP contribution is 2.31. The van der Waals surface area contributed by atoms with Crippen LogP contribution in [0.2, 0.25) is 0 Å². The van der Waals surface area contributed by atoms with E-state index >= 15 is 0 Å². The summed E-state index contributed by atoms with van der Waals surface area (Å²) in [7, 11) is 0. The molecule has 0 saturated heterocycles. The van der Waals surface area contributed by atoms with Crippen LogP contribution in [0.5, 0.6) is 0 Å². The van der Waals surface area contributed by atoms with Crippen molar-refractivity contribution in [3.63, 3.8) is 0 Å². The Kier molecular flexibility index (Phi) is 3.13. The third-order valence-corrected chi connectivity index (χ3v) is 3.25. The molecule has 2 rings (SSSR count). The van der Waals surface area contributed by atoms with Gasteiger partial charge in [-0.3, -0.25) is 0 Å². The van der Waals surface area contributed by atoms with Gasteiger partial charge in [0, 0.05) is 14.7 Å². The summed E-state index contributed by atoms with van der Waals surface area (Å²) in [5.74, 6) is 0.0697. The van der Waals surface area contributed by atoms with E-state index in [1.54, 1.807) is 6.07 Å². The molecule has 0 bridgehead atoms. The highest BCUT2D eigenvalue weighted by molar-refractivity contribution is 14.1. The van der Waals surface area contributed by atoms with Crippen molar-refractivity contribution in [2.45, 2.75) is 13.3 Å². The Bertz CT molecular complexity index is 525. The Morgan fingerprint density at radius 3 is 2.88 bits per heavy atom. The molecule has 0 spiro atoms. The Labute approximate surface area is 106 Å². The quantitative estimate of drug-likeness (QED) is 0.859. The van der Waals surface area contributed by atoms with E-state index < -0.39 is 0 Å². The van der Waals surface area contributed by atoms with Gasteiger partial charge in [-0.2, -0.15) is 0 Å². The van der Waals surface area contributed by atoms with E-state index in [0.29, 0.717) is 11.6 Å². The number of aromatic nitrogens is 1. The summed E-state index contributed by atoms with van der Waals surface area (Å²) < 4.78 is 18.7. The molecule has 3 nitrogen and oxygen atoms in total. The molecule has 0 saturated carbocycles. The zero-order chi connectivity index (χ0) is 11.7. The van der Waals surface area contributed by atoms with Crippen molar-refractivity contribution >= 4 is 28.5 Å². The van der Waals surface area contributed by atoms with E-state index in [0.717, 1.165) is 21.1 Å². The smallest absolute Gasteiger partial charge is 0.225 e. The monoisotopic (exact) mass is 332 g/mol. The molecular formula is C11H10FIN2O. The number of nitrogens with zero attached hydrogens (tertiary/aromatic N) is 1. The molecule has 0 atom stereocenters. The minimum Gasteiger partial charge on any atom is -0.367 e. The number of benzene rings is 1. The van der Waals surface area contributed by atoms with Crippen LogP contribution in [0.1, 0.15) is 12.5 Å². The second-order valence-corrected chi connectivity index (χ2v) is 4.51. The van der Waals surface area contributed by atoms with Gasteiger partial charge in [-0.25, -0.2) is 4.39 Å². The Balaban J connectivity index is 2.58. The maximum Gasteiger partial charge on any atom is 0.225 e. The van der Waals surface area contributed by atoms with E-state index in [1.165, 1.54) is 12.1 Å². The lowest BCUT2D eigenvalue weighted by molar-refractivity contribution is 0.438. The van der Waals surface area contributed by atoms with Gasteiger partial charge in [-0.05, 0) is 47.2 Å². The number of hydrogen-bond acceptors (Lipinski definition) is 3. The Morgan fingerprint density at radius 1 is 1.50 bits per heavy atom. The molecule has 5 heteroatoms. The van der Waals surface area contributed by atoms with Gasteiger partial charge < -0.3 is 10.3 Å². The van der Waals surface area contributed by atoms with E-state index in [-0.39, 0.29) is 5.82 Å². The van der Waals surface area contributed by atoms with E-state index in [1.807, 2.05) is 6.92 Å². The number of nitrogen functional groups attached to an aromatic ring is 1. The molecule has 2 N–H and O–H groups in total. The lowest BCUT2D eigenvalue weighted by Crippen LogP contribution is -1.92.